The van der Waals surface area contributed by atoms with E-state index in [2.05, 4.69) is 20.9 Å². The molecule has 0 saturated carbocycles. The van der Waals surface area contributed by atoms with E-state index in [0.29, 0.717) is 0 Å². The van der Waals surface area contributed by atoms with Gasteiger partial charge < -0.3 is 9.22 Å². The minimum Gasteiger partial charge on any atom is -0.379 e. The fourth-order valence-corrected chi connectivity index (χ4v) is 7.30. The third-order valence-electron chi connectivity index (χ3n) is 3.19. The van der Waals surface area contributed by atoms with Crippen molar-refractivity contribution in [2.75, 3.05) is 40.4 Å². The van der Waals surface area contributed by atoms with E-state index < -0.39 is 36.9 Å². The van der Waals surface area contributed by atoms with Gasteiger partial charge in [-0.1, -0.05) is 0 Å². The minimum absolute atomic E-state index is 0.873. The number of hydrogen-bond donors (Lipinski definition) is 0. The zero-order valence-electron chi connectivity index (χ0n) is 13.9. The molecule has 6 nitrogen and oxygen atoms in total. The van der Waals surface area contributed by atoms with Crippen LogP contribution in [0.5, 0.6) is 0 Å². The summed E-state index contributed by atoms with van der Waals surface area (Å²) in [6.45, 7) is 5.52. The summed E-state index contributed by atoms with van der Waals surface area (Å²) in [4.78, 5) is 0. The lowest BCUT2D eigenvalue weighted by atomic mass is 10.4. The Morgan fingerprint density at radius 3 is 1.40 bits per heavy atom. The molecule has 0 N–H and O–H groups in total. The van der Waals surface area contributed by atoms with Crippen molar-refractivity contribution in [3.63, 3.8) is 0 Å². The van der Waals surface area contributed by atoms with Gasteiger partial charge in [-0.05, 0) is 13.8 Å². The van der Waals surface area contributed by atoms with E-state index in [-0.39, 0.29) is 0 Å². The van der Waals surface area contributed by atoms with Crippen LogP contribution in [0.1, 0.15) is 13.8 Å². The van der Waals surface area contributed by atoms with Crippen LogP contribution in [0.3, 0.4) is 0 Å². The quantitative estimate of drug-likeness (QED) is 0.343. The van der Waals surface area contributed by atoms with Crippen molar-refractivity contribution >= 4 is 25.9 Å². The summed E-state index contributed by atoms with van der Waals surface area (Å²) in [6, 6.07) is 0. The van der Waals surface area contributed by atoms with Gasteiger partial charge in [0.15, 0.2) is 0 Å². The molecule has 0 aromatic heterocycles. The maximum Gasteiger partial charge on any atom is 0.501 e. The summed E-state index contributed by atoms with van der Waals surface area (Å²) >= 11 is 0. The van der Waals surface area contributed by atoms with Crippen molar-refractivity contribution in [1.29, 1.82) is 0 Å². The summed E-state index contributed by atoms with van der Waals surface area (Å²) in [6.07, 6.45) is 0. The highest BCUT2D eigenvalue weighted by Crippen LogP contribution is 2.46. The number of quaternary nitrogens is 1. The molecule has 0 aliphatic heterocycles. The molecule has 0 saturated heterocycles. The van der Waals surface area contributed by atoms with Crippen LogP contribution in [0.2, 0.25) is 0 Å². The third kappa shape index (κ3) is 9.36. The third-order valence-corrected chi connectivity index (χ3v) is 11.5. The normalized spacial score (nSPS) is 14.0. The van der Waals surface area contributed by atoms with E-state index in [9.17, 15) is 43.2 Å². The lowest BCUT2D eigenvalue weighted by molar-refractivity contribution is -0.906. The average molecular weight is 444 g/mol. The zero-order chi connectivity index (χ0) is 20.7. The summed E-state index contributed by atoms with van der Waals surface area (Å²) < 4.78 is 116. The topological polar surface area (TPSA) is 77.5 Å². The zero-order valence-corrected chi connectivity index (χ0v) is 16.5. The van der Waals surface area contributed by atoms with Gasteiger partial charge in [-0.2, -0.15) is 26.3 Å². The molecule has 25 heavy (non-hydrogen) atoms. The smallest absolute Gasteiger partial charge is 0.379 e. The van der Waals surface area contributed by atoms with Crippen molar-refractivity contribution in [1.82, 2.24) is 0 Å². The van der Waals surface area contributed by atoms with E-state index in [1.807, 2.05) is 0 Å². The molecule has 0 bridgehead atoms. The van der Waals surface area contributed by atoms with Crippen LogP contribution in [0.4, 0.5) is 26.3 Å². The number of likely N-dealkylation sites (N-methyl/N-ethyl adjacent to an activating group) is 1. The maximum atomic E-state index is 11.5. The summed E-state index contributed by atoms with van der Waals surface area (Å²) in [7, 11) is -8.61. The number of nitrogens with zero attached hydrogens (tertiary/aromatic N) is 1. The van der Waals surface area contributed by atoms with Crippen molar-refractivity contribution in [2.45, 2.75) is 24.9 Å². The van der Waals surface area contributed by atoms with Gasteiger partial charge in [0.25, 0.3) is 18.9 Å². The highest BCUT2D eigenvalue weighted by Gasteiger charge is 2.55. The van der Waals surface area contributed by atoms with Crippen LogP contribution in [-0.2, 0) is 23.7 Å². The Morgan fingerprint density at radius 1 is 0.880 bits per heavy atom. The summed E-state index contributed by atoms with van der Waals surface area (Å²) in [5, 5.41) is 0. The Labute approximate surface area is 144 Å². The van der Waals surface area contributed by atoms with Gasteiger partial charge in [0, 0.05) is 7.11 Å². The molecular formula is C10H21F6NO5PS2+. The van der Waals surface area contributed by atoms with Crippen molar-refractivity contribution in [3.05, 3.63) is 0 Å². The standard InChI is InChI=1S/C8H20NO.C2HF6O4PS2/c1-5-9(3,6-2)7-8-10-4;3-1(4,5)14(9,10)13-15(11,12)2(6,7)8/h5-8H2,1-4H3;13H/q+1;. The molecule has 154 valence electrons. The van der Waals surface area contributed by atoms with Gasteiger partial charge >= 0.3 is 11.0 Å². The average Bonchev–Trinajstić information content (AvgIpc) is 2.42. The minimum atomic E-state index is -6.32. The molecule has 0 rings (SSSR count). The van der Waals surface area contributed by atoms with E-state index in [1.165, 1.54) is 13.1 Å². The summed E-state index contributed by atoms with van der Waals surface area (Å²) in [5.41, 5.74) is -12.0. The lowest BCUT2D eigenvalue weighted by Crippen LogP contribution is -2.45. The Hall–Kier alpha value is -0.170. The van der Waals surface area contributed by atoms with Crippen molar-refractivity contribution in [3.8, 4) is 0 Å². The van der Waals surface area contributed by atoms with Crippen LogP contribution in [0.25, 0.3) is 0 Å². The monoisotopic (exact) mass is 444 g/mol. The second-order valence-electron chi connectivity index (χ2n) is 4.95. The Balaban J connectivity index is 0. The number of methoxy groups -OCH3 is 1. The summed E-state index contributed by atoms with van der Waals surface area (Å²) in [5.74, 6) is 0. The lowest BCUT2D eigenvalue weighted by Gasteiger charge is -2.31. The predicted molar refractivity (Wildman–Crippen MR) is 82.3 cm³/mol. The molecular weight excluding hydrogens is 423 g/mol. The Bertz CT molecular complexity index is 556. The van der Waals surface area contributed by atoms with Crippen LogP contribution in [0, 0.1) is 0 Å². The largest absolute Gasteiger partial charge is 0.501 e. The molecule has 0 fully saturated rings. The van der Waals surface area contributed by atoms with Crippen LogP contribution < -0.4 is 0 Å². The number of alkyl halides is 6. The number of rotatable bonds is 7. The van der Waals surface area contributed by atoms with Gasteiger partial charge in [0.2, 0.25) is 0 Å². The van der Waals surface area contributed by atoms with E-state index in [0.717, 1.165) is 17.6 Å². The SMILES string of the molecule is CC[N+](C)(CC)CCOC.O=S(=O)(PS(=O)(=O)C(F)(F)F)C(F)(F)F. The number of halogens is 6. The van der Waals surface area contributed by atoms with E-state index in [4.69, 9.17) is 4.74 Å². The molecule has 0 aromatic carbocycles. The molecule has 0 heterocycles. The van der Waals surface area contributed by atoms with Gasteiger partial charge in [-0.25, -0.2) is 16.8 Å². The Morgan fingerprint density at radius 2 is 1.20 bits per heavy atom. The molecule has 0 radical (unpaired) electrons. The van der Waals surface area contributed by atoms with Crippen LogP contribution >= 0.6 is 6.98 Å². The Kier molecular flexibility index (Phi) is 10.5. The number of ether oxygens (including phenoxy) is 1. The first-order valence-corrected chi connectivity index (χ1v) is 12.0. The van der Waals surface area contributed by atoms with Crippen LogP contribution in [-0.4, -0.2) is 72.7 Å². The molecule has 0 aliphatic carbocycles. The first-order valence-electron chi connectivity index (χ1n) is 6.62. The highest BCUT2D eigenvalue weighted by molar-refractivity contribution is 8.76. The van der Waals surface area contributed by atoms with Crippen LogP contribution in [0.15, 0.2) is 0 Å². The molecule has 0 atom stereocenters. The fourth-order valence-electron chi connectivity index (χ4n) is 1.09. The molecule has 0 unspecified atom stereocenters. The maximum absolute atomic E-state index is 11.5. The molecule has 0 spiro atoms. The van der Waals surface area contributed by atoms with E-state index >= 15 is 0 Å². The molecule has 15 heteroatoms. The van der Waals surface area contributed by atoms with Gasteiger partial charge in [-0.3, -0.25) is 0 Å². The first-order chi connectivity index (χ1) is 10.9. The van der Waals surface area contributed by atoms with Gasteiger partial charge in [0.05, 0.1) is 26.7 Å². The fraction of sp³-hybridized carbons (Fsp3) is 1.00. The highest BCUT2D eigenvalue weighted by atomic mass is 33.1. The molecule has 0 amide bonds. The molecule has 0 aliphatic rings. The van der Waals surface area contributed by atoms with E-state index in [1.54, 1.807) is 7.11 Å². The molecule has 0 aromatic rings. The first kappa shape index (κ1) is 27.1. The van der Waals surface area contributed by atoms with Gasteiger partial charge in [-0.15, -0.1) is 0 Å². The van der Waals surface area contributed by atoms with Gasteiger partial charge in [0.1, 0.15) is 13.5 Å². The second-order valence-corrected chi connectivity index (χ2v) is 13.3. The van der Waals surface area contributed by atoms with Crippen molar-refractivity contribution < 1.29 is 52.4 Å². The number of hydrogen-bond acceptors (Lipinski definition) is 5. The second kappa shape index (κ2) is 9.67. The predicted octanol–water partition coefficient (Wildman–Crippen LogP) is 2.48. The van der Waals surface area contributed by atoms with Crippen molar-refractivity contribution in [2.24, 2.45) is 0 Å².